The number of nitro benzene ring substituents is 1. The lowest BCUT2D eigenvalue weighted by Gasteiger charge is -2.07. The van der Waals surface area contributed by atoms with Gasteiger partial charge in [-0.15, -0.1) is 0 Å². The van der Waals surface area contributed by atoms with Crippen molar-refractivity contribution in [2.24, 2.45) is 5.10 Å². The average molecular weight is 405 g/mol. The number of hydrazone groups is 1. The number of methoxy groups -OCH3 is 1. The van der Waals surface area contributed by atoms with Crippen molar-refractivity contribution in [1.29, 1.82) is 0 Å². The Morgan fingerprint density at radius 1 is 1.03 bits per heavy atom. The van der Waals surface area contributed by atoms with Gasteiger partial charge in [-0.3, -0.25) is 15.5 Å². The highest BCUT2D eigenvalue weighted by Crippen LogP contribution is 2.16. The zero-order valence-electron chi connectivity index (χ0n) is 16.1. The molecule has 0 bridgehead atoms. The highest BCUT2D eigenvalue weighted by atomic mass is 16.6. The zero-order valence-corrected chi connectivity index (χ0v) is 16.1. The van der Waals surface area contributed by atoms with Crippen molar-refractivity contribution in [2.75, 3.05) is 12.5 Å². The van der Waals surface area contributed by atoms with Crippen LogP contribution in [0, 0.1) is 10.1 Å². The molecule has 152 valence electrons. The molecule has 0 aliphatic heterocycles. The van der Waals surface area contributed by atoms with Crippen LogP contribution in [0.1, 0.15) is 21.5 Å². The van der Waals surface area contributed by atoms with Crippen molar-refractivity contribution < 1.29 is 19.2 Å². The number of nitro groups is 1. The third kappa shape index (κ3) is 5.65. The van der Waals surface area contributed by atoms with E-state index >= 15 is 0 Å². The number of carbonyl (C=O) groups excluding carboxylic acids is 1. The summed E-state index contributed by atoms with van der Waals surface area (Å²) in [6, 6.07) is 20.4. The van der Waals surface area contributed by atoms with Crippen molar-refractivity contribution in [3.8, 4) is 5.75 Å². The van der Waals surface area contributed by atoms with E-state index in [9.17, 15) is 14.9 Å². The van der Waals surface area contributed by atoms with Crippen LogP contribution in [0.2, 0.25) is 0 Å². The molecule has 1 N–H and O–H groups in total. The lowest BCUT2D eigenvalue weighted by Crippen LogP contribution is -2.02. The first kappa shape index (κ1) is 20.5. The minimum Gasteiger partial charge on any atom is -0.489 e. The van der Waals surface area contributed by atoms with Gasteiger partial charge in [-0.2, -0.15) is 5.10 Å². The highest BCUT2D eigenvalue weighted by molar-refractivity contribution is 5.89. The van der Waals surface area contributed by atoms with Crippen molar-refractivity contribution in [1.82, 2.24) is 0 Å². The predicted octanol–water partition coefficient (Wildman–Crippen LogP) is 4.41. The number of carbonyl (C=O) groups is 1. The predicted molar refractivity (Wildman–Crippen MR) is 113 cm³/mol. The van der Waals surface area contributed by atoms with Crippen molar-refractivity contribution >= 4 is 23.6 Å². The molecule has 0 aliphatic carbocycles. The molecule has 0 fully saturated rings. The minimum atomic E-state index is -0.450. The summed E-state index contributed by atoms with van der Waals surface area (Å²) in [4.78, 5) is 21.6. The molecule has 8 nitrogen and oxygen atoms in total. The Labute approximate surface area is 172 Å². The third-order valence-corrected chi connectivity index (χ3v) is 4.15. The number of nitrogens with zero attached hydrogens (tertiary/aromatic N) is 2. The van der Waals surface area contributed by atoms with Crippen LogP contribution in [0.15, 0.2) is 77.9 Å². The second-order valence-electron chi connectivity index (χ2n) is 6.22. The van der Waals surface area contributed by atoms with Crippen LogP contribution < -0.4 is 10.2 Å². The summed E-state index contributed by atoms with van der Waals surface area (Å²) >= 11 is 0. The van der Waals surface area contributed by atoms with E-state index in [0.29, 0.717) is 23.6 Å². The first-order valence-corrected chi connectivity index (χ1v) is 8.99. The Bertz CT molecular complexity index is 1030. The fourth-order valence-electron chi connectivity index (χ4n) is 2.51. The molecule has 0 saturated heterocycles. The summed E-state index contributed by atoms with van der Waals surface area (Å²) in [5, 5.41) is 14.8. The molecule has 0 unspecified atom stereocenters. The summed E-state index contributed by atoms with van der Waals surface area (Å²) in [6.45, 7) is 0.372. The van der Waals surface area contributed by atoms with E-state index in [4.69, 9.17) is 4.74 Å². The molecule has 0 heterocycles. The molecule has 3 aromatic carbocycles. The first-order valence-electron chi connectivity index (χ1n) is 8.99. The molecule has 8 heteroatoms. The van der Waals surface area contributed by atoms with Gasteiger partial charge in [0, 0.05) is 12.1 Å². The molecule has 0 aromatic heterocycles. The van der Waals surface area contributed by atoms with E-state index < -0.39 is 4.92 Å². The number of non-ortho nitro benzene ring substituents is 1. The molecule has 3 rings (SSSR count). The summed E-state index contributed by atoms with van der Waals surface area (Å²) in [5.74, 6) is 0.329. The number of rotatable bonds is 8. The first-order chi connectivity index (χ1) is 14.5. The fraction of sp³-hybridized carbons (Fsp3) is 0.0909. The van der Waals surface area contributed by atoms with Crippen LogP contribution in [0.4, 0.5) is 11.4 Å². The number of ether oxygens (including phenoxy) is 2. The second-order valence-corrected chi connectivity index (χ2v) is 6.22. The SMILES string of the molecule is COC(=O)c1ccc(COc2ccc(C=NNc3ccc([N+](=O)[O-])cc3)cc2)cc1. The summed E-state index contributed by atoms with van der Waals surface area (Å²) in [7, 11) is 1.35. The van der Waals surface area contributed by atoms with Gasteiger partial charge in [-0.05, 0) is 59.7 Å². The van der Waals surface area contributed by atoms with Gasteiger partial charge < -0.3 is 9.47 Å². The smallest absolute Gasteiger partial charge is 0.337 e. The Morgan fingerprint density at radius 3 is 2.30 bits per heavy atom. The van der Waals surface area contributed by atoms with Gasteiger partial charge in [0.25, 0.3) is 5.69 Å². The number of esters is 1. The zero-order chi connectivity index (χ0) is 21.3. The van der Waals surface area contributed by atoms with E-state index in [1.165, 1.54) is 19.2 Å². The lowest BCUT2D eigenvalue weighted by molar-refractivity contribution is -0.384. The van der Waals surface area contributed by atoms with Gasteiger partial charge in [-0.1, -0.05) is 12.1 Å². The number of nitrogens with one attached hydrogen (secondary N) is 1. The van der Waals surface area contributed by atoms with Gasteiger partial charge in [0.1, 0.15) is 12.4 Å². The maximum Gasteiger partial charge on any atom is 0.337 e. The summed E-state index contributed by atoms with van der Waals surface area (Å²) in [6.07, 6.45) is 1.64. The molecule has 0 radical (unpaired) electrons. The standard InChI is InChI=1S/C22H19N3O5/c1-29-22(26)18-6-2-17(3-7-18)15-30-21-12-4-16(5-13-21)14-23-24-19-8-10-20(11-9-19)25(27)28/h2-14,24H,15H2,1H3. The van der Waals surface area contributed by atoms with Crippen LogP contribution in [0.25, 0.3) is 0 Å². The lowest BCUT2D eigenvalue weighted by atomic mass is 10.1. The molecular weight excluding hydrogens is 386 g/mol. The van der Waals surface area contributed by atoms with Crippen LogP contribution in [-0.2, 0) is 11.3 Å². The van der Waals surface area contributed by atoms with Crippen molar-refractivity contribution in [3.63, 3.8) is 0 Å². The average Bonchev–Trinajstić information content (AvgIpc) is 2.78. The Kier molecular flexibility index (Phi) is 6.73. The molecule has 30 heavy (non-hydrogen) atoms. The highest BCUT2D eigenvalue weighted by Gasteiger charge is 2.05. The molecule has 0 atom stereocenters. The van der Waals surface area contributed by atoms with E-state index in [1.807, 2.05) is 36.4 Å². The van der Waals surface area contributed by atoms with E-state index in [0.717, 1.165) is 11.1 Å². The molecule has 0 amide bonds. The maximum atomic E-state index is 11.4. The Morgan fingerprint density at radius 2 is 1.70 bits per heavy atom. The van der Waals surface area contributed by atoms with Crippen molar-refractivity contribution in [3.05, 3.63) is 99.6 Å². The summed E-state index contributed by atoms with van der Waals surface area (Å²) in [5.41, 5.74) is 5.78. The molecule has 3 aromatic rings. The second kappa shape index (κ2) is 9.83. The normalized spacial score (nSPS) is 10.6. The quantitative estimate of drug-likeness (QED) is 0.258. The minimum absolute atomic E-state index is 0.0273. The van der Waals surface area contributed by atoms with Crippen LogP contribution >= 0.6 is 0 Å². The van der Waals surface area contributed by atoms with Gasteiger partial charge >= 0.3 is 5.97 Å². The molecule has 0 saturated carbocycles. The molecule has 0 spiro atoms. The van der Waals surface area contributed by atoms with Gasteiger partial charge in [0.2, 0.25) is 0 Å². The largest absolute Gasteiger partial charge is 0.489 e. The molecule has 0 aliphatic rings. The number of hydrogen-bond donors (Lipinski definition) is 1. The molecular formula is C22H19N3O5. The van der Waals surface area contributed by atoms with Crippen LogP contribution in [0.5, 0.6) is 5.75 Å². The van der Waals surface area contributed by atoms with E-state index in [-0.39, 0.29) is 11.7 Å². The Balaban J connectivity index is 1.50. The van der Waals surface area contributed by atoms with Crippen molar-refractivity contribution in [2.45, 2.75) is 6.61 Å². The Hall–Kier alpha value is -4.20. The monoisotopic (exact) mass is 405 g/mol. The number of hydrogen-bond acceptors (Lipinski definition) is 7. The van der Waals surface area contributed by atoms with Crippen LogP contribution in [-0.4, -0.2) is 24.2 Å². The maximum absolute atomic E-state index is 11.4. The van der Waals surface area contributed by atoms with E-state index in [2.05, 4.69) is 15.3 Å². The van der Waals surface area contributed by atoms with Crippen LogP contribution in [0.3, 0.4) is 0 Å². The van der Waals surface area contributed by atoms with E-state index in [1.54, 1.807) is 30.5 Å². The van der Waals surface area contributed by atoms with Gasteiger partial charge in [0.15, 0.2) is 0 Å². The topological polar surface area (TPSA) is 103 Å². The summed E-state index contributed by atoms with van der Waals surface area (Å²) < 4.78 is 10.4. The van der Waals surface area contributed by atoms with Gasteiger partial charge in [0.05, 0.1) is 29.5 Å². The third-order valence-electron chi connectivity index (χ3n) is 4.15. The number of benzene rings is 3. The van der Waals surface area contributed by atoms with Gasteiger partial charge in [-0.25, -0.2) is 4.79 Å². The fourth-order valence-corrected chi connectivity index (χ4v) is 2.51. The number of anilines is 1.